The molecular formula is C19H14F2O. The van der Waals surface area contributed by atoms with Gasteiger partial charge in [-0.15, -0.1) is 0 Å². The molecule has 110 valence electrons. The van der Waals surface area contributed by atoms with Gasteiger partial charge in [0.25, 0.3) is 0 Å². The standard InChI is InChI=1S/C19H14F2O/c20-19(21)22-18-12-10-17(11-13-18)16-8-6-15(7-9-16)14-4-2-1-3-5-14/h1-13,19H. The Labute approximate surface area is 127 Å². The smallest absolute Gasteiger partial charge is 0.387 e. The van der Waals surface area contributed by atoms with Gasteiger partial charge in [-0.25, -0.2) is 0 Å². The number of rotatable bonds is 4. The van der Waals surface area contributed by atoms with E-state index >= 15 is 0 Å². The van der Waals surface area contributed by atoms with Gasteiger partial charge >= 0.3 is 6.61 Å². The Kier molecular flexibility index (Phi) is 4.15. The Hall–Kier alpha value is -2.68. The lowest BCUT2D eigenvalue weighted by atomic mass is 10.0. The van der Waals surface area contributed by atoms with E-state index in [2.05, 4.69) is 16.9 Å². The van der Waals surface area contributed by atoms with Crippen molar-refractivity contribution >= 4 is 0 Å². The van der Waals surface area contributed by atoms with E-state index in [4.69, 9.17) is 0 Å². The van der Waals surface area contributed by atoms with Crippen LogP contribution in [0.2, 0.25) is 0 Å². The van der Waals surface area contributed by atoms with Gasteiger partial charge in [0.05, 0.1) is 0 Å². The topological polar surface area (TPSA) is 9.23 Å². The molecule has 0 aliphatic heterocycles. The van der Waals surface area contributed by atoms with Gasteiger partial charge in [0, 0.05) is 0 Å². The largest absolute Gasteiger partial charge is 0.435 e. The molecule has 0 fully saturated rings. The first-order valence-electron chi connectivity index (χ1n) is 6.93. The van der Waals surface area contributed by atoms with Gasteiger partial charge in [-0.1, -0.05) is 66.7 Å². The van der Waals surface area contributed by atoms with Crippen molar-refractivity contribution in [1.82, 2.24) is 0 Å². The average Bonchev–Trinajstić information content (AvgIpc) is 2.56. The molecule has 1 nitrogen and oxygen atoms in total. The summed E-state index contributed by atoms with van der Waals surface area (Å²) in [5.74, 6) is 0.166. The molecular weight excluding hydrogens is 282 g/mol. The van der Waals surface area contributed by atoms with Crippen LogP contribution < -0.4 is 4.74 Å². The van der Waals surface area contributed by atoms with Crippen LogP contribution in [-0.4, -0.2) is 6.61 Å². The summed E-state index contributed by atoms with van der Waals surface area (Å²) in [6, 6.07) is 24.9. The highest BCUT2D eigenvalue weighted by Gasteiger charge is 2.05. The van der Waals surface area contributed by atoms with Gasteiger partial charge < -0.3 is 4.74 Å². The van der Waals surface area contributed by atoms with Crippen LogP contribution in [0.4, 0.5) is 8.78 Å². The molecule has 3 rings (SSSR count). The van der Waals surface area contributed by atoms with E-state index in [1.807, 2.05) is 42.5 Å². The summed E-state index contributed by atoms with van der Waals surface area (Å²) in [7, 11) is 0. The SMILES string of the molecule is FC(F)Oc1ccc(-c2ccc(-c3ccccc3)cc2)cc1. The first-order chi connectivity index (χ1) is 10.7. The van der Waals surface area contributed by atoms with Crippen molar-refractivity contribution in [3.63, 3.8) is 0 Å². The third-order valence-electron chi connectivity index (χ3n) is 3.40. The highest BCUT2D eigenvalue weighted by atomic mass is 19.3. The molecule has 0 aliphatic rings. The number of halogens is 2. The lowest BCUT2D eigenvalue weighted by Gasteiger charge is -2.07. The van der Waals surface area contributed by atoms with E-state index in [-0.39, 0.29) is 5.75 Å². The minimum atomic E-state index is -2.80. The molecule has 0 unspecified atom stereocenters. The first kappa shape index (κ1) is 14.3. The van der Waals surface area contributed by atoms with Crippen LogP contribution in [0.5, 0.6) is 5.75 Å². The number of hydrogen-bond acceptors (Lipinski definition) is 1. The molecule has 3 heteroatoms. The number of ether oxygens (including phenoxy) is 1. The number of benzene rings is 3. The molecule has 0 heterocycles. The molecule has 22 heavy (non-hydrogen) atoms. The normalized spacial score (nSPS) is 10.7. The molecule has 0 spiro atoms. The maximum absolute atomic E-state index is 12.1. The zero-order chi connectivity index (χ0) is 15.4. The van der Waals surface area contributed by atoms with Gasteiger partial charge in [0.15, 0.2) is 0 Å². The van der Waals surface area contributed by atoms with Crippen LogP contribution in [0.25, 0.3) is 22.3 Å². The maximum Gasteiger partial charge on any atom is 0.387 e. The summed E-state index contributed by atoms with van der Waals surface area (Å²) in [6.45, 7) is -2.80. The van der Waals surface area contributed by atoms with Crippen molar-refractivity contribution in [2.45, 2.75) is 6.61 Å². The molecule has 0 radical (unpaired) electrons. The fourth-order valence-electron chi connectivity index (χ4n) is 2.31. The second-order valence-electron chi connectivity index (χ2n) is 4.85. The van der Waals surface area contributed by atoms with E-state index in [0.717, 1.165) is 22.3 Å². The maximum atomic E-state index is 12.1. The number of hydrogen-bond donors (Lipinski definition) is 0. The van der Waals surface area contributed by atoms with Gasteiger partial charge in [-0.2, -0.15) is 8.78 Å². The summed E-state index contributed by atoms with van der Waals surface area (Å²) >= 11 is 0. The monoisotopic (exact) mass is 296 g/mol. The van der Waals surface area contributed by atoms with Gasteiger partial charge in [-0.05, 0) is 34.4 Å². The van der Waals surface area contributed by atoms with Crippen LogP contribution in [0.3, 0.4) is 0 Å². The molecule has 3 aromatic carbocycles. The third kappa shape index (κ3) is 3.31. The van der Waals surface area contributed by atoms with Crippen LogP contribution in [0.15, 0.2) is 78.9 Å². The number of alkyl halides is 2. The van der Waals surface area contributed by atoms with Crippen molar-refractivity contribution in [2.75, 3.05) is 0 Å². The van der Waals surface area contributed by atoms with Gasteiger partial charge in [-0.3, -0.25) is 0 Å². The molecule has 0 bridgehead atoms. The molecule has 0 amide bonds. The van der Waals surface area contributed by atoms with Crippen molar-refractivity contribution < 1.29 is 13.5 Å². The molecule has 3 aromatic rings. The van der Waals surface area contributed by atoms with Crippen molar-refractivity contribution in [3.8, 4) is 28.0 Å². The molecule has 0 saturated carbocycles. The summed E-state index contributed by atoms with van der Waals surface area (Å²) in [5.41, 5.74) is 4.29. The van der Waals surface area contributed by atoms with Crippen molar-refractivity contribution in [2.24, 2.45) is 0 Å². The van der Waals surface area contributed by atoms with E-state index in [0.29, 0.717) is 0 Å². The zero-order valence-corrected chi connectivity index (χ0v) is 11.7. The quantitative estimate of drug-likeness (QED) is 0.607. The minimum absolute atomic E-state index is 0.166. The Morgan fingerprint density at radius 1 is 0.545 bits per heavy atom. The average molecular weight is 296 g/mol. The predicted octanol–water partition coefficient (Wildman–Crippen LogP) is 5.62. The highest BCUT2D eigenvalue weighted by molar-refractivity contribution is 5.70. The van der Waals surface area contributed by atoms with Crippen LogP contribution >= 0.6 is 0 Å². The van der Waals surface area contributed by atoms with Crippen molar-refractivity contribution in [3.05, 3.63) is 78.9 Å². The fraction of sp³-hybridized carbons (Fsp3) is 0.0526. The zero-order valence-electron chi connectivity index (χ0n) is 11.7. The highest BCUT2D eigenvalue weighted by Crippen LogP contribution is 2.26. The first-order valence-corrected chi connectivity index (χ1v) is 6.93. The third-order valence-corrected chi connectivity index (χ3v) is 3.40. The van der Waals surface area contributed by atoms with E-state index in [1.165, 1.54) is 0 Å². The molecule has 0 saturated heterocycles. The molecule has 0 aliphatic carbocycles. The molecule has 0 N–H and O–H groups in total. The lowest BCUT2D eigenvalue weighted by Crippen LogP contribution is -2.01. The predicted molar refractivity (Wildman–Crippen MR) is 83.9 cm³/mol. The van der Waals surface area contributed by atoms with Gasteiger partial charge in [0.2, 0.25) is 0 Å². The Bertz CT molecular complexity index is 720. The lowest BCUT2D eigenvalue weighted by molar-refractivity contribution is -0.0498. The second kappa shape index (κ2) is 6.39. The molecule has 0 aromatic heterocycles. The van der Waals surface area contributed by atoms with E-state index in [9.17, 15) is 8.78 Å². The Balaban J connectivity index is 1.81. The second-order valence-corrected chi connectivity index (χ2v) is 4.85. The summed E-state index contributed by atoms with van der Waals surface area (Å²) < 4.78 is 28.6. The van der Waals surface area contributed by atoms with E-state index < -0.39 is 6.61 Å². The van der Waals surface area contributed by atoms with Crippen molar-refractivity contribution in [1.29, 1.82) is 0 Å². The van der Waals surface area contributed by atoms with Crippen LogP contribution in [-0.2, 0) is 0 Å². The van der Waals surface area contributed by atoms with Gasteiger partial charge in [0.1, 0.15) is 5.75 Å². The Morgan fingerprint density at radius 2 is 0.955 bits per heavy atom. The molecule has 0 atom stereocenters. The van der Waals surface area contributed by atoms with E-state index in [1.54, 1.807) is 24.3 Å². The summed E-state index contributed by atoms with van der Waals surface area (Å²) in [5, 5.41) is 0. The summed E-state index contributed by atoms with van der Waals surface area (Å²) in [4.78, 5) is 0. The summed E-state index contributed by atoms with van der Waals surface area (Å²) in [6.07, 6.45) is 0. The van der Waals surface area contributed by atoms with Crippen LogP contribution in [0.1, 0.15) is 0 Å². The Morgan fingerprint density at radius 3 is 1.41 bits per heavy atom. The minimum Gasteiger partial charge on any atom is -0.435 e. The fourth-order valence-corrected chi connectivity index (χ4v) is 2.31. The van der Waals surface area contributed by atoms with Crippen LogP contribution in [0, 0.1) is 0 Å².